The van der Waals surface area contributed by atoms with Gasteiger partial charge in [-0.25, -0.2) is 0 Å². The lowest BCUT2D eigenvalue weighted by Crippen LogP contribution is -2.11. The summed E-state index contributed by atoms with van der Waals surface area (Å²) in [6, 6.07) is 0. The fraction of sp³-hybridized carbons (Fsp3) is 0.769. The highest BCUT2D eigenvalue weighted by molar-refractivity contribution is 5.77. The number of carbonyl (C=O) groups is 2. The molecule has 0 fully saturated rings. The Morgan fingerprint density at radius 1 is 0.567 bits per heavy atom. The second-order valence-corrected chi connectivity index (χ2v) is 7.89. The third-order valence-corrected chi connectivity index (χ3v) is 4.93. The lowest BCUT2D eigenvalue weighted by atomic mass is 10.1. The number of carbonyl (C=O) groups excluding carboxylic acids is 2. The van der Waals surface area contributed by atoms with E-state index < -0.39 is 0 Å². The fourth-order valence-corrected chi connectivity index (χ4v) is 3.03. The van der Waals surface area contributed by atoms with E-state index in [1.54, 1.807) is 0 Å². The van der Waals surface area contributed by atoms with Gasteiger partial charge in [0.2, 0.25) is 0 Å². The lowest BCUT2D eigenvalue weighted by molar-refractivity contribution is -0.149. The Bertz CT molecular complexity index is 454. The van der Waals surface area contributed by atoms with Crippen LogP contribution in [-0.4, -0.2) is 25.2 Å². The fourth-order valence-electron chi connectivity index (χ4n) is 3.03. The maximum absolute atomic E-state index is 11.7. The molecule has 0 radical (unpaired) electrons. The summed E-state index contributed by atoms with van der Waals surface area (Å²) in [5, 5.41) is 0. The maximum atomic E-state index is 11.7. The van der Waals surface area contributed by atoms with E-state index in [2.05, 4.69) is 32.1 Å². The van der Waals surface area contributed by atoms with Crippen molar-refractivity contribution in [2.45, 2.75) is 117 Å². The normalized spacial score (nSPS) is 11.4. The highest BCUT2D eigenvalue weighted by Gasteiger charge is 2.08. The van der Waals surface area contributed by atoms with Gasteiger partial charge in [-0.2, -0.15) is 0 Å². The molecule has 0 aromatic heterocycles. The van der Waals surface area contributed by atoms with E-state index in [1.165, 1.54) is 64.2 Å². The van der Waals surface area contributed by atoms with E-state index in [1.807, 2.05) is 6.08 Å². The van der Waals surface area contributed by atoms with Gasteiger partial charge in [-0.3, -0.25) is 9.59 Å². The standard InChI is InChI=1S/C26H46O4/c1-3-5-7-9-11-13-14-16-18-20-24-30-26(28)22-21-25(27)29-23-19-17-15-12-10-8-6-4-2/h12,15,18,20H,3-11,13-14,16-17,19,21-24H2,1-2H3/b15-12+,20-18+. The van der Waals surface area contributed by atoms with Gasteiger partial charge < -0.3 is 9.47 Å². The number of hydrogen-bond acceptors (Lipinski definition) is 4. The summed E-state index contributed by atoms with van der Waals surface area (Å²) in [7, 11) is 0. The highest BCUT2D eigenvalue weighted by atomic mass is 16.5. The van der Waals surface area contributed by atoms with Crippen LogP contribution in [0.1, 0.15) is 117 Å². The molecule has 0 unspecified atom stereocenters. The van der Waals surface area contributed by atoms with Gasteiger partial charge in [0, 0.05) is 0 Å². The average molecular weight is 423 g/mol. The molecule has 0 N–H and O–H groups in total. The van der Waals surface area contributed by atoms with Crippen LogP contribution in [0.5, 0.6) is 0 Å². The number of esters is 2. The molecule has 174 valence electrons. The molecule has 4 heteroatoms. The third-order valence-electron chi connectivity index (χ3n) is 4.93. The molecule has 0 saturated heterocycles. The zero-order valence-electron chi connectivity index (χ0n) is 19.7. The molecule has 0 spiro atoms. The zero-order valence-corrected chi connectivity index (χ0v) is 19.7. The third kappa shape index (κ3) is 22.7. The Hall–Kier alpha value is -1.58. The van der Waals surface area contributed by atoms with Gasteiger partial charge in [-0.15, -0.1) is 0 Å². The van der Waals surface area contributed by atoms with E-state index in [-0.39, 0.29) is 31.4 Å². The largest absolute Gasteiger partial charge is 0.466 e. The minimum Gasteiger partial charge on any atom is -0.466 e. The van der Waals surface area contributed by atoms with Crippen LogP contribution in [0.3, 0.4) is 0 Å². The summed E-state index contributed by atoms with van der Waals surface area (Å²) in [5.74, 6) is -0.670. The Morgan fingerprint density at radius 2 is 1.03 bits per heavy atom. The number of hydrogen-bond donors (Lipinski definition) is 0. The van der Waals surface area contributed by atoms with Crippen molar-refractivity contribution in [3.63, 3.8) is 0 Å². The molecule has 0 aromatic carbocycles. The summed E-state index contributed by atoms with van der Waals surface area (Å²) in [6.45, 7) is 5.14. The van der Waals surface area contributed by atoms with Gasteiger partial charge >= 0.3 is 11.9 Å². The van der Waals surface area contributed by atoms with Gasteiger partial charge in [0.15, 0.2) is 0 Å². The minimum atomic E-state index is -0.345. The molecule has 0 heterocycles. The minimum absolute atomic E-state index is 0.0851. The summed E-state index contributed by atoms with van der Waals surface area (Å²) >= 11 is 0. The van der Waals surface area contributed by atoms with Gasteiger partial charge in [0.1, 0.15) is 6.61 Å². The first-order chi connectivity index (χ1) is 14.7. The molecule has 0 amide bonds. The quantitative estimate of drug-likeness (QED) is 0.109. The molecular formula is C26H46O4. The first-order valence-electron chi connectivity index (χ1n) is 12.3. The summed E-state index contributed by atoms with van der Waals surface area (Å²) in [6.07, 6.45) is 25.3. The molecule has 4 nitrogen and oxygen atoms in total. The Morgan fingerprint density at radius 3 is 1.70 bits per heavy atom. The van der Waals surface area contributed by atoms with Crippen LogP contribution in [0.15, 0.2) is 24.3 Å². The van der Waals surface area contributed by atoms with Gasteiger partial charge in [-0.1, -0.05) is 89.5 Å². The SMILES string of the molecule is CCCCC/C=C/CCCOC(=O)CCC(=O)OC/C=C/CCCCCCCCC. The summed E-state index contributed by atoms with van der Waals surface area (Å²) in [4.78, 5) is 23.3. The second-order valence-electron chi connectivity index (χ2n) is 7.89. The van der Waals surface area contributed by atoms with E-state index in [9.17, 15) is 9.59 Å². The number of unbranched alkanes of at least 4 members (excludes halogenated alkanes) is 11. The molecule has 0 saturated carbocycles. The number of rotatable bonds is 21. The number of allylic oxidation sites excluding steroid dienone is 3. The first kappa shape index (κ1) is 28.4. The highest BCUT2D eigenvalue weighted by Crippen LogP contribution is 2.08. The Labute approximate surface area is 185 Å². The van der Waals surface area contributed by atoms with E-state index >= 15 is 0 Å². The molecule has 30 heavy (non-hydrogen) atoms. The number of ether oxygens (including phenoxy) is 2. The molecule has 0 aliphatic carbocycles. The zero-order chi connectivity index (χ0) is 22.1. The van der Waals surface area contributed by atoms with Crippen LogP contribution in [0.4, 0.5) is 0 Å². The van der Waals surface area contributed by atoms with Crippen molar-refractivity contribution in [2.24, 2.45) is 0 Å². The van der Waals surface area contributed by atoms with Crippen molar-refractivity contribution in [2.75, 3.05) is 13.2 Å². The van der Waals surface area contributed by atoms with Crippen LogP contribution in [-0.2, 0) is 19.1 Å². The van der Waals surface area contributed by atoms with Crippen molar-refractivity contribution in [1.29, 1.82) is 0 Å². The Kier molecular flexibility index (Phi) is 22.4. The van der Waals surface area contributed by atoms with Crippen molar-refractivity contribution in [1.82, 2.24) is 0 Å². The van der Waals surface area contributed by atoms with Gasteiger partial charge in [-0.05, 0) is 38.5 Å². The molecule has 0 aromatic rings. The average Bonchev–Trinajstić information content (AvgIpc) is 2.75. The summed E-state index contributed by atoms with van der Waals surface area (Å²) in [5.41, 5.74) is 0. The van der Waals surface area contributed by atoms with Crippen LogP contribution in [0, 0.1) is 0 Å². The molecule has 0 aliphatic rings. The predicted molar refractivity (Wildman–Crippen MR) is 125 cm³/mol. The van der Waals surface area contributed by atoms with E-state index in [0.717, 1.165) is 25.7 Å². The first-order valence-corrected chi connectivity index (χ1v) is 12.3. The smallest absolute Gasteiger partial charge is 0.306 e. The Balaban J connectivity index is 3.45. The monoisotopic (exact) mass is 422 g/mol. The lowest BCUT2D eigenvalue weighted by Gasteiger charge is -2.04. The van der Waals surface area contributed by atoms with Gasteiger partial charge in [0.05, 0.1) is 19.4 Å². The van der Waals surface area contributed by atoms with Crippen molar-refractivity contribution < 1.29 is 19.1 Å². The van der Waals surface area contributed by atoms with Crippen molar-refractivity contribution >= 4 is 11.9 Å². The predicted octanol–water partition coefficient (Wildman–Crippen LogP) is 7.47. The van der Waals surface area contributed by atoms with E-state index in [0.29, 0.717) is 6.61 Å². The van der Waals surface area contributed by atoms with Crippen LogP contribution in [0.2, 0.25) is 0 Å². The maximum Gasteiger partial charge on any atom is 0.306 e. The van der Waals surface area contributed by atoms with Crippen LogP contribution < -0.4 is 0 Å². The van der Waals surface area contributed by atoms with Gasteiger partial charge in [0.25, 0.3) is 0 Å². The van der Waals surface area contributed by atoms with Crippen molar-refractivity contribution in [3.8, 4) is 0 Å². The molecule has 0 aliphatic heterocycles. The topological polar surface area (TPSA) is 52.6 Å². The molecule has 0 atom stereocenters. The van der Waals surface area contributed by atoms with E-state index in [4.69, 9.17) is 9.47 Å². The molecule has 0 bridgehead atoms. The summed E-state index contributed by atoms with van der Waals surface area (Å²) < 4.78 is 10.3. The van der Waals surface area contributed by atoms with Crippen LogP contribution >= 0.6 is 0 Å². The molecule has 0 rings (SSSR count). The second kappa shape index (κ2) is 23.7. The molecular weight excluding hydrogens is 376 g/mol. The van der Waals surface area contributed by atoms with Crippen molar-refractivity contribution in [3.05, 3.63) is 24.3 Å². The van der Waals surface area contributed by atoms with Crippen LogP contribution in [0.25, 0.3) is 0 Å².